The number of aryl methyl sites for hydroxylation is 2. The average molecular weight is 390 g/mol. The molecule has 0 amide bonds. The van der Waals surface area contributed by atoms with Gasteiger partial charge in [0.1, 0.15) is 11.7 Å². The normalized spacial score (nSPS) is 16.1. The van der Waals surface area contributed by atoms with Crippen LogP contribution in [-0.4, -0.2) is 57.1 Å². The van der Waals surface area contributed by atoms with Crippen molar-refractivity contribution in [3.05, 3.63) is 47.5 Å². The predicted octanol–water partition coefficient (Wildman–Crippen LogP) is 2.95. The van der Waals surface area contributed by atoms with E-state index in [1.807, 2.05) is 31.3 Å². The van der Waals surface area contributed by atoms with Gasteiger partial charge in [-0.3, -0.25) is 0 Å². The third kappa shape index (κ3) is 3.56. The zero-order valence-corrected chi connectivity index (χ0v) is 17.3. The Labute approximate surface area is 171 Å². The topological polar surface area (TPSA) is 73.9 Å². The van der Waals surface area contributed by atoms with E-state index in [0.717, 1.165) is 67.4 Å². The zero-order chi connectivity index (χ0) is 20.4. The smallest absolute Gasteiger partial charge is 0.225 e. The van der Waals surface area contributed by atoms with Crippen LogP contribution < -0.4 is 4.90 Å². The van der Waals surface area contributed by atoms with Gasteiger partial charge >= 0.3 is 0 Å². The number of imidazole rings is 1. The summed E-state index contributed by atoms with van der Waals surface area (Å²) in [6, 6.07) is 10.5. The average Bonchev–Trinajstić information content (AvgIpc) is 3.14. The molecule has 1 aromatic carbocycles. The maximum absolute atomic E-state index is 10.1. The first kappa shape index (κ1) is 19.3. The molecule has 2 aromatic heterocycles. The zero-order valence-electron chi connectivity index (χ0n) is 17.3. The van der Waals surface area contributed by atoms with Crippen LogP contribution in [0.4, 0.5) is 5.95 Å². The van der Waals surface area contributed by atoms with Gasteiger partial charge in [-0.25, -0.2) is 15.0 Å². The second-order valence-corrected chi connectivity index (χ2v) is 7.42. The third-order valence-corrected chi connectivity index (χ3v) is 5.76. The van der Waals surface area contributed by atoms with Crippen LogP contribution in [0.1, 0.15) is 36.8 Å². The summed E-state index contributed by atoms with van der Waals surface area (Å²) in [4.78, 5) is 18.9. The minimum atomic E-state index is -0.527. The fraction of sp³-hybridized carbons (Fsp3) is 0.455. The van der Waals surface area contributed by atoms with Gasteiger partial charge in [-0.1, -0.05) is 19.1 Å². The highest BCUT2D eigenvalue weighted by molar-refractivity contribution is 5.76. The van der Waals surface area contributed by atoms with Gasteiger partial charge in [0.05, 0.1) is 22.8 Å². The standard InChI is InChI=1S/C22H27N7/c1-4-27-10-12-28(13-11-27)22-24-15-16(3)20(26-22)17(14-23)21-25-18-8-6-7-9-19(18)29(21)5-2/h6-9,15,17H,4-5,10-13H2,1-3H3. The van der Waals surface area contributed by atoms with Gasteiger partial charge in [0.15, 0.2) is 0 Å². The van der Waals surface area contributed by atoms with Crippen molar-refractivity contribution in [2.75, 3.05) is 37.6 Å². The van der Waals surface area contributed by atoms with Crippen molar-refractivity contribution >= 4 is 17.0 Å². The molecule has 1 fully saturated rings. The maximum atomic E-state index is 10.1. The number of piperazine rings is 1. The molecule has 29 heavy (non-hydrogen) atoms. The van der Waals surface area contributed by atoms with E-state index in [-0.39, 0.29) is 0 Å². The highest BCUT2D eigenvalue weighted by Gasteiger charge is 2.26. The summed E-state index contributed by atoms with van der Waals surface area (Å²) in [6.45, 7) is 11.9. The number of rotatable bonds is 5. The number of benzene rings is 1. The molecule has 1 aliphatic heterocycles. The molecule has 1 unspecified atom stereocenters. The number of nitriles is 1. The lowest BCUT2D eigenvalue weighted by Gasteiger charge is -2.34. The molecule has 1 aliphatic rings. The first-order chi connectivity index (χ1) is 14.2. The van der Waals surface area contributed by atoms with Crippen LogP contribution in [0.2, 0.25) is 0 Å². The molecule has 7 heteroatoms. The predicted molar refractivity (Wildman–Crippen MR) is 114 cm³/mol. The number of hydrogen-bond donors (Lipinski definition) is 0. The number of fused-ring (bicyclic) bond motifs is 1. The first-order valence-corrected chi connectivity index (χ1v) is 10.3. The number of nitrogens with zero attached hydrogens (tertiary/aromatic N) is 7. The maximum Gasteiger partial charge on any atom is 0.225 e. The largest absolute Gasteiger partial charge is 0.338 e. The van der Waals surface area contributed by atoms with Crippen molar-refractivity contribution in [3.8, 4) is 6.07 Å². The molecule has 1 saturated heterocycles. The van der Waals surface area contributed by atoms with Crippen molar-refractivity contribution in [1.29, 1.82) is 5.26 Å². The Hall–Kier alpha value is -2.98. The van der Waals surface area contributed by atoms with Crippen molar-refractivity contribution in [3.63, 3.8) is 0 Å². The number of para-hydroxylation sites is 2. The van der Waals surface area contributed by atoms with Crippen molar-refractivity contribution in [2.45, 2.75) is 33.2 Å². The summed E-state index contributed by atoms with van der Waals surface area (Å²) in [7, 11) is 0. The Kier molecular flexibility index (Phi) is 5.45. The minimum absolute atomic E-state index is 0.527. The molecule has 0 spiro atoms. The minimum Gasteiger partial charge on any atom is -0.338 e. The number of hydrogen-bond acceptors (Lipinski definition) is 6. The molecule has 4 rings (SSSR count). The molecule has 0 N–H and O–H groups in total. The van der Waals surface area contributed by atoms with Crippen molar-refractivity contribution < 1.29 is 0 Å². The van der Waals surface area contributed by atoms with Gasteiger partial charge in [0.25, 0.3) is 0 Å². The summed E-state index contributed by atoms with van der Waals surface area (Å²) < 4.78 is 2.12. The van der Waals surface area contributed by atoms with Crippen LogP contribution in [0, 0.1) is 18.3 Å². The Morgan fingerprint density at radius 1 is 1.07 bits per heavy atom. The summed E-state index contributed by atoms with van der Waals surface area (Å²) in [5, 5.41) is 10.1. The summed E-state index contributed by atoms with van der Waals surface area (Å²) in [6.07, 6.45) is 1.84. The molecule has 0 radical (unpaired) electrons. The molecule has 7 nitrogen and oxygen atoms in total. The Morgan fingerprint density at radius 2 is 1.83 bits per heavy atom. The molecule has 150 valence electrons. The van der Waals surface area contributed by atoms with Crippen LogP contribution in [0.5, 0.6) is 0 Å². The van der Waals surface area contributed by atoms with Gasteiger partial charge in [-0.15, -0.1) is 0 Å². The Balaban J connectivity index is 1.73. The second-order valence-electron chi connectivity index (χ2n) is 7.42. The molecular weight excluding hydrogens is 362 g/mol. The monoisotopic (exact) mass is 389 g/mol. The van der Waals surface area contributed by atoms with Crippen LogP contribution in [0.3, 0.4) is 0 Å². The molecular formula is C22H27N7. The lowest BCUT2D eigenvalue weighted by Crippen LogP contribution is -2.46. The second kappa shape index (κ2) is 8.18. The van der Waals surface area contributed by atoms with E-state index in [1.54, 1.807) is 0 Å². The van der Waals surface area contributed by atoms with Crippen LogP contribution >= 0.6 is 0 Å². The lowest BCUT2D eigenvalue weighted by molar-refractivity contribution is 0.270. The first-order valence-electron chi connectivity index (χ1n) is 10.3. The van der Waals surface area contributed by atoms with Crippen LogP contribution in [0.25, 0.3) is 11.0 Å². The van der Waals surface area contributed by atoms with E-state index >= 15 is 0 Å². The molecule has 3 heterocycles. The number of anilines is 1. The molecule has 0 saturated carbocycles. The fourth-order valence-electron chi connectivity index (χ4n) is 4.04. The molecule has 0 aliphatic carbocycles. The van der Waals surface area contributed by atoms with Gasteiger partial charge in [-0.2, -0.15) is 5.26 Å². The lowest BCUT2D eigenvalue weighted by atomic mass is 10.0. The summed E-state index contributed by atoms with van der Waals surface area (Å²) >= 11 is 0. The Bertz CT molecular complexity index is 1040. The van der Waals surface area contributed by atoms with Crippen LogP contribution in [-0.2, 0) is 6.54 Å². The van der Waals surface area contributed by atoms with Crippen molar-refractivity contribution in [2.24, 2.45) is 0 Å². The van der Waals surface area contributed by atoms with E-state index in [4.69, 9.17) is 9.97 Å². The fourth-order valence-corrected chi connectivity index (χ4v) is 4.04. The van der Waals surface area contributed by atoms with E-state index in [1.165, 1.54) is 0 Å². The van der Waals surface area contributed by atoms with Gasteiger partial charge in [0.2, 0.25) is 5.95 Å². The van der Waals surface area contributed by atoms with E-state index < -0.39 is 5.92 Å². The third-order valence-electron chi connectivity index (χ3n) is 5.76. The molecule has 0 bridgehead atoms. The van der Waals surface area contributed by atoms with Crippen LogP contribution in [0.15, 0.2) is 30.5 Å². The van der Waals surface area contributed by atoms with E-state index in [0.29, 0.717) is 5.95 Å². The highest BCUT2D eigenvalue weighted by atomic mass is 15.3. The summed E-state index contributed by atoms with van der Waals surface area (Å²) in [5.74, 6) is 0.932. The van der Waals surface area contributed by atoms with E-state index in [9.17, 15) is 5.26 Å². The quantitative estimate of drug-likeness (QED) is 0.668. The van der Waals surface area contributed by atoms with E-state index in [2.05, 4.69) is 45.3 Å². The number of likely N-dealkylation sites (N-methyl/N-ethyl adjacent to an activating group) is 1. The Morgan fingerprint density at radius 3 is 2.52 bits per heavy atom. The van der Waals surface area contributed by atoms with Gasteiger partial charge < -0.3 is 14.4 Å². The van der Waals surface area contributed by atoms with Gasteiger partial charge in [-0.05, 0) is 38.1 Å². The highest BCUT2D eigenvalue weighted by Crippen LogP contribution is 2.29. The molecule has 1 atom stereocenters. The van der Waals surface area contributed by atoms with Gasteiger partial charge in [0, 0.05) is 38.9 Å². The molecule has 3 aromatic rings. The SMILES string of the molecule is CCN1CCN(c2ncc(C)c(C(C#N)c3nc4ccccc4n3CC)n2)CC1. The number of aromatic nitrogens is 4. The van der Waals surface area contributed by atoms with Crippen molar-refractivity contribution in [1.82, 2.24) is 24.4 Å². The summed E-state index contributed by atoms with van der Waals surface area (Å²) in [5.41, 5.74) is 3.63.